The molecule has 2 unspecified atom stereocenters. The minimum Gasteiger partial charge on any atom is -0.872 e. The Kier molecular flexibility index (Phi) is 59.1. The summed E-state index contributed by atoms with van der Waals surface area (Å²) in [5.74, 6) is 1.55. The molecule has 0 aliphatic rings. The lowest BCUT2D eigenvalue weighted by atomic mass is 9.87. The van der Waals surface area contributed by atoms with Crippen LogP contribution in [0.4, 0.5) is 26.3 Å². The van der Waals surface area contributed by atoms with E-state index in [1.165, 1.54) is 126 Å². The molecule has 15 aromatic rings. The maximum atomic E-state index is 12.2. The number of unbranched alkanes of at least 4 members (excludes halogenated alkanes) is 5. The topological polar surface area (TPSA) is 215 Å². The number of aryl methyl sites for hydroxylation is 7. The number of alkyl halides is 6. The number of nitrogens with one attached hydrogen (secondary N) is 2. The predicted octanol–water partition coefficient (Wildman–Crippen LogP) is 14.1. The van der Waals surface area contributed by atoms with Crippen LogP contribution in [0.25, 0.3) is 0 Å². The fraction of sp³-hybridized carbons (Fsp3) is 0.293. The van der Waals surface area contributed by atoms with Crippen molar-refractivity contribution in [3.63, 3.8) is 0 Å². The summed E-state index contributed by atoms with van der Waals surface area (Å²) in [5.41, 5.74) is 9.93. The molecule has 3 heterocycles. The summed E-state index contributed by atoms with van der Waals surface area (Å²) in [4.78, 5) is 16.4. The number of methoxy groups -OCH3 is 1. The summed E-state index contributed by atoms with van der Waals surface area (Å²) in [6.45, 7) is 39.9. The van der Waals surface area contributed by atoms with Gasteiger partial charge in [0.25, 0.3) is 0 Å². The Morgan fingerprint density at radius 2 is 0.710 bits per heavy atom. The molecular weight excluding hydrogens is 2290 g/mol. The molecule has 2 atom stereocenters. The fourth-order valence-electron chi connectivity index (χ4n) is 12.1. The number of aromatic nitrogens is 2. The Balaban J connectivity index is 0.000000336. The number of carbonyl (C=O) groups is 1. The average Bonchev–Trinajstić information content (AvgIpc) is 1.70. The minimum atomic E-state index is -4.84. The number of hydrogen-bond acceptors (Lipinski definition) is 10. The number of aromatic amines is 2. The van der Waals surface area contributed by atoms with Crippen LogP contribution in [-0.4, -0.2) is 38.1 Å². The first kappa shape index (κ1) is 126. The highest BCUT2D eigenvalue weighted by atomic mass is 127. The molecule has 3 aromatic heterocycles. The molecule has 0 aliphatic carbocycles. The summed E-state index contributed by atoms with van der Waals surface area (Å²) in [6, 6.07) is 117. The number of ether oxygens (including phenoxy) is 2. The Bertz CT molecular complexity index is 5750. The Morgan fingerprint density at radius 1 is 0.379 bits per heavy atom. The summed E-state index contributed by atoms with van der Waals surface area (Å²) < 4.78 is 96.2. The summed E-state index contributed by atoms with van der Waals surface area (Å²) in [7, 11) is 1.57. The van der Waals surface area contributed by atoms with Gasteiger partial charge in [-0.3, -0.25) is 0 Å². The summed E-state index contributed by atoms with van der Waals surface area (Å²) >= 11 is -0.124. The number of rotatable bonds is 21. The van der Waals surface area contributed by atoms with Crippen molar-refractivity contribution in [1.82, 2.24) is 0 Å². The third-order valence-corrected chi connectivity index (χ3v) is 31.4. The number of hydrogen-bond donors (Lipinski definition) is 0. The van der Waals surface area contributed by atoms with Gasteiger partial charge in [-0.2, -0.15) is 26.3 Å². The van der Waals surface area contributed by atoms with Gasteiger partial charge in [0.1, 0.15) is 23.0 Å². The van der Waals surface area contributed by atoms with Crippen LogP contribution in [0, 0.1) is 77.0 Å². The zero-order valence-corrected chi connectivity index (χ0v) is 95.8. The molecule has 0 aliphatic heterocycles. The molecular formula is C123H142F6I4N2O10. The fourth-order valence-corrected chi connectivity index (χ4v) is 20.9. The minimum absolute atomic E-state index is 0.0100. The largest absolute Gasteiger partial charge is 0.872 e. The number of carboxylic acids is 1. The molecule has 0 radical (unpaired) electrons. The van der Waals surface area contributed by atoms with Crippen molar-refractivity contribution in [1.29, 1.82) is 0 Å². The van der Waals surface area contributed by atoms with Gasteiger partial charge in [-0.05, 0) is 237 Å². The highest BCUT2D eigenvalue weighted by Gasteiger charge is 2.45. The lowest BCUT2D eigenvalue weighted by Crippen LogP contribution is -3.61. The normalized spacial score (nSPS) is 11.2. The zero-order chi connectivity index (χ0) is 108. The predicted molar refractivity (Wildman–Crippen MR) is 547 cm³/mol. The van der Waals surface area contributed by atoms with Crippen molar-refractivity contribution in [2.75, 3.05) is 13.7 Å². The number of H-pyrrole nitrogens is 2. The molecule has 15 rings (SSSR count). The van der Waals surface area contributed by atoms with E-state index in [1.807, 2.05) is 114 Å². The third kappa shape index (κ3) is 56.0. The van der Waals surface area contributed by atoms with Gasteiger partial charge >= 0.3 is 97.2 Å². The second-order valence-electron chi connectivity index (χ2n) is 36.4. The van der Waals surface area contributed by atoms with E-state index in [1.54, 1.807) is 55.6 Å². The number of benzene rings is 12. The zero-order valence-electron chi connectivity index (χ0n) is 87.2. The highest BCUT2D eigenvalue weighted by Crippen LogP contribution is 2.37. The molecule has 0 spiro atoms. The van der Waals surface area contributed by atoms with Crippen molar-refractivity contribution in [2.24, 2.45) is 0 Å². The van der Waals surface area contributed by atoms with E-state index in [9.17, 15) is 61.8 Å². The van der Waals surface area contributed by atoms with Crippen LogP contribution in [0.5, 0.6) is 28.7 Å². The number of carboxylic acid groups (broad SMARTS) is 1. The average molecular weight is 2430 g/mol. The lowest BCUT2D eigenvalue weighted by molar-refractivity contribution is -0.597. The van der Waals surface area contributed by atoms with E-state index in [4.69, 9.17) is 9.47 Å². The monoisotopic (exact) mass is 2430 g/mol. The first-order valence-corrected chi connectivity index (χ1v) is 56.6. The van der Waals surface area contributed by atoms with Gasteiger partial charge in [-0.1, -0.05) is 332 Å². The van der Waals surface area contributed by atoms with Crippen molar-refractivity contribution in [2.45, 2.75) is 224 Å². The van der Waals surface area contributed by atoms with Crippen LogP contribution in [-0.2, 0) is 16.4 Å². The van der Waals surface area contributed by atoms with E-state index < -0.39 is 35.8 Å². The Labute approximate surface area is 900 Å². The van der Waals surface area contributed by atoms with Crippen LogP contribution in [0.3, 0.4) is 0 Å². The lowest BCUT2D eigenvalue weighted by Gasteiger charge is -2.36. The molecule has 0 amide bonds. The molecule has 774 valence electrons. The molecule has 0 bridgehead atoms. The van der Waals surface area contributed by atoms with E-state index in [0.29, 0.717) is 31.4 Å². The van der Waals surface area contributed by atoms with Crippen LogP contribution < -0.4 is 135 Å². The van der Waals surface area contributed by atoms with Gasteiger partial charge in [0.2, 0.25) is 0 Å². The van der Waals surface area contributed by atoms with Gasteiger partial charge in [0.15, 0.2) is 52.3 Å². The molecule has 0 fully saturated rings. The number of halogens is 10. The van der Waals surface area contributed by atoms with Gasteiger partial charge in [0, 0.05) is 43.7 Å². The SMILES string of the molecule is CC(C)(C)c1ccc([I+]c2ccc(C(C)(C)C)cc2)cc1.CC(C)c1ccc(C(=O)[O-])cc1.CC([O-])C(F)(F)F.CCCCCCCCOc1ccc([I+]c2ccccc2)cc1.COc1ccc([O-])cc1.Cc1cc(C)cc([O-])c1.Cc1ccc(C(C)([O-])C(F)(F)F)o1.Cc1ccc([I+]c2ccc(C(C)C)cc2)cc1.Cc1ccc([O-])cc1.Cc1cccc(C)[nH+]1.c1cc[nH+]cc1.c1ccc([I+]c2ccccc2)cc1. The second kappa shape index (κ2) is 67.8. The smallest absolute Gasteiger partial charge is 0.386 e. The maximum absolute atomic E-state index is 12.2. The number of carbonyl (C=O) groups excluding carboxylic acids is 1. The molecule has 2 N–H and O–H groups in total. The van der Waals surface area contributed by atoms with Crippen LogP contribution in [0.1, 0.15) is 218 Å². The van der Waals surface area contributed by atoms with Crippen LogP contribution in [0.15, 0.2) is 369 Å². The molecule has 145 heavy (non-hydrogen) atoms. The van der Waals surface area contributed by atoms with E-state index >= 15 is 0 Å². The summed E-state index contributed by atoms with van der Waals surface area (Å²) in [6.07, 6.45) is -0.239. The van der Waals surface area contributed by atoms with Crippen molar-refractivity contribution in [3.05, 3.63) is 466 Å². The summed E-state index contributed by atoms with van der Waals surface area (Å²) in [5, 5.41) is 62.5. The first-order valence-electron chi connectivity index (χ1n) is 47.9. The third-order valence-electron chi connectivity index (χ3n) is 20.6. The number of pyridine rings is 2. The van der Waals surface area contributed by atoms with Crippen molar-refractivity contribution < 1.29 is 170 Å². The maximum Gasteiger partial charge on any atom is 0.386 e. The van der Waals surface area contributed by atoms with E-state index in [0.717, 1.165) is 46.4 Å². The molecule has 0 saturated carbocycles. The molecule has 0 saturated heterocycles. The number of aromatic carboxylic acids is 1. The highest BCUT2D eigenvalue weighted by molar-refractivity contribution is 5.85. The van der Waals surface area contributed by atoms with Gasteiger partial charge in [0.05, 0.1) is 19.7 Å². The molecule has 12 aromatic carbocycles. The molecule has 12 nitrogen and oxygen atoms in total. The van der Waals surface area contributed by atoms with Gasteiger partial charge in [-0.15, -0.1) is 17.2 Å². The molecule has 22 heteroatoms. The van der Waals surface area contributed by atoms with E-state index in [2.05, 4.69) is 310 Å². The van der Waals surface area contributed by atoms with E-state index in [-0.39, 0.29) is 118 Å². The van der Waals surface area contributed by atoms with Crippen LogP contribution >= 0.6 is 0 Å². The Hall–Kier alpha value is -10.9. The quantitative estimate of drug-likeness (QED) is 0.0377. The Morgan fingerprint density at radius 3 is 1.01 bits per heavy atom. The van der Waals surface area contributed by atoms with Crippen molar-refractivity contribution >= 4 is 5.97 Å². The van der Waals surface area contributed by atoms with Gasteiger partial charge in [-0.25, -0.2) is 9.97 Å². The van der Waals surface area contributed by atoms with Gasteiger partial charge < -0.3 is 49.3 Å². The standard InChI is InChI=1S/C20H26IO.C20H26I.C16H18I.C12H10I.C10H12O2.C8H8F3O2.C8H10O.C7H9N.C7H8O2.C7H8O.C5H5N.C3H4F3O/c1-2-3-4-5-6-10-17-22-20-15-13-19(14-16-20)21-18-11-8-7-9-12-18;1-19(2,3)15-7-11-17(12-8-15)21-18-13-9-16(10-14-18)20(4,5)6;1-12(2)14-6-10-16(11-7-14)17-15-8-4-13(3)5-9-15;1-3-7-11(8-4-1)13-12-9-5-2-6-10-12;1-7(2)8-3-5-9(6-4-8)10(11)12;1-5-3-4-6(13-5)7(2,12)8(9,10)11;1-6-3-7(2)5-8(9)4-6;1-6-4-3-5-7(2)8-6;1-9-7-4-2-6(8)3-5-7;1-6-2-4-7(8)5-3-6;1-2-4-6-5-3-1;1-2(7)3(4,5)6/h7-9,11-16H,2-6,10,17H2,1H3;7-14H,1-6H3;4-12H,1-3H3;1-10H;3-7H,1-2H3,(H,11,12);3-4H,1-2H3;3-5,9H,1-2H3;3-5H,1-2H3;2-5,8H,1H3;2-5,8H,1H3;1-5H;2H,1H3/q4*+1;;-1;;;;;;-1/p-2. The van der Waals surface area contributed by atoms with Crippen molar-refractivity contribution in [3.8, 4) is 28.7 Å². The first-order chi connectivity index (χ1) is 68.5. The second-order valence-corrected chi connectivity index (χ2v) is 48.6. The number of furan rings is 1. The van der Waals surface area contributed by atoms with Crippen LogP contribution in [0.2, 0.25) is 0 Å².